The van der Waals surface area contributed by atoms with Crippen LogP contribution in [0.2, 0.25) is 0 Å². The van der Waals surface area contributed by atoms with Crippen LogP contribution in [-0.2, 0) is 4.79 Å². The van der Waals surface area contributed by atoms with Crippen molar-refractivity contribution in [3.05, 3.63) is 0 Å². The molecule has 0 amide bonds. The fraction of sp³-hybridized carbons (Fsp3) is 0.900. The molecule has 0 aromatic carbocycles. The molecule has 2 fully saturated rings. The SMILES string of the molecule is C[C@H]1CC[C@]2(C)CCC(=O)[C@H]12. The van der Waals surface area contributed by atoms with E-state index < -0.39 is 0 Å². The number of rotatable bonds is 0. The molecule has 0 bridgehead atoms. The molecule has 0 heterocycles. The molecule has 0 aromatic rings. The Morgan fingerprint density at radius 3 is 2.82 bits per heavy atom. The number of hydrogen-bond acceptors (Lipinski definition) is 1. The Balaban J connectivity index is 2.30. The first-order valence-corrected chi connectivity index (χ1v) is 4.66. The van der Waals surface area contributed by atoms with Gasteiger partial charge < -0.3 is 0 Å². The second kappa shape index (κ2) is 2.09. The summed E-state index contributed by atoms with van der Waals surface area (Å²) in [5, 5.41) is 0. The summed E-state index contributed by atoms with van der Waals surface area (Å²) < 4.78 is 0. The second-order valence-corrected chi connectivity index (χ2v) is 4.61. The molecule has 1 heteroatoms. The highest BCUT2D eigenvalue weighted by Crippen LogP contribution is 2.54. The Bertz CT molecular complexity index is 197. The quantitative estimate of drug-likeness (QED) is 0.521. The van der Waals surface area contributed by atoms with Crippen molar-refractivity contribution < 1.29 is 4.79 Å². The molecule has 0 aromatic heterocycles. The molecule has 62 valence electrons. The van der Waals surface area contributed by atoms with E-state index in [1.165, 1.54) is 12.8 Å². The van der Waals surface area contributed by atoms with Gasteiger partial charge in [0.05, 0.1) is 0 Å². The maximum absolute atomic E-state index is 11.5. The summed E-state index contributed by atoms with van der Waals surface area (Å²) in [4.78, 5) is 11.5. The van der Waals surface area contributed by atoms with Crippen molar-refractivity contribution in [1.82, 2.24) is 0 Å². The van der Waals surface area contributed by atoms with E-state index in [9.17, 15) is 4.79 Å². The summed E-state index contributed by atoms with van der Waals surface area (Å²) in [5.74, 6) is 1.62. The van der Waals surface area contributed by atoms with Gasteiger partial charge >= 0.3 is 0 Å². The van der Waals surface area contributed by atoms with Crippen molar-refractivity contribution in [2.24, 2.45) is 17.3 Å². The van der Waals surface area contributed by atoms with E-state index in [1.807, 2.05) is 0 Å². The summed E-state index contributed by atoms with van der Waals surface area (Å²) in [6.07, 6.45) is 4.56. The fourth-order valence-electron chi connectivity index (χ4n) is 3.12. The van der Waals surface area contributed by atoms with E-state index in [-0.39, 0.29) is 0 Å². The van der Waals surface area contributed by atoms with Crippen LogP contribution in [0.1, 0.15) is 39.5 Å². The third kappa shape index (κ3) is 0.863. The zero-order chi connectivity index (χ0) is 8.06. The average molecular weight is 152 g/mol. The van der Waals surface area contributed by atoms with Crippen molar-refractivity contribution in [2.45, 2.75) is 39.5 Å². The van der Waals surface area contributed by atoms with Gasteiger partial charge in [-0.25, -0.2) is 0 Å². The second-order valence-electron chi connectivity index (χ2n) is 4.61. The average Bonchev–Trinajstić information content (AvgIpc) is 2.38. The van der Waals surface area contributed by atoms with Gasteiger partial charge in [-0.3, -0.25) is 4.79 Å². The first-order chi connectivity index (χ1) is 5.13. The lowest BCUT2D eigenvalue weighted by Gasteiger charge is -2.23. The Morgan fingerprint density at radius 1 is 1.45 bits per heavy atom. The van der Waals surface area contributed by atoms with E-state index in [0.29, 0.717) is 23.0 Å². The number of hydrogen-bond donors (Lipinski definition) is 0. The molecule has 2 aliphatic carbocycles. The zero-order valence-electron chi connectivity index (χ0n) is 7.39. The van der Waals surface area contributed by atoms with Gasteiger partial charge in [-0.05, 0) is 30.6 Å². The van der Waals surface area contributed by atoms with Crippen molar-refractivity contribution >= 4 is 5.78 Å². The van der Waals surface area contributed by atoms with Crippen LogP contribution in [0.15, 0.2) is 0 Å². The van der Waals surface area contributed by atoms with E-state index in [4.69, 9.17) is 0 Å². The van der Waals surface area contributed by atoms with Crippen LogP contribution in [0.4, 0.5) is 0 Å². The Labute approximate surface area is 68.2 Å². The summed E-state index contributed by atoms with van der Waals surface area (Å²) in [5.41, 5.74) is 0.399. The summed E-state index contributed by atoms with van der Waals surface area (Å²) in [6, 6.07) is 0. The molecule has 2 rings (SSSR count). The van der Waals surface area contributed by atoms with Gasteiger partial charge in [0.1, 0.15) is 5.78 Å². The number of ketones is 1. The van der Waals surface area contributed by atoms with E-state index in [2.05, 4.69) is 13.8 Å². The van der Waals surface area contributed by atoms with E-state index >= 15 is 0 Å². The van der Waals surface area contributed by atoms with Crippen molar-refractivity contribution in [3.8, 4) is 0 Å². The Morgan fingerprint density at radius 2 is 2.18 bits per heavy atom. The number of fused-ring (bicyclic) bond motifs is 1. The van der Waals surface area contributed by atoms with Gasteiger partial charge in [-0.2, -0.15) is 0 Å². The standard InChI is InChI=1S/C10H16O/c1-7-3-5-10(2)6-4-8(11)9(7)10/h7,9H,3-6H2,1-2H3/t7-,9-,10+/m0/s1. The highest BCUT2D eigenvalue weighted by atomic mass is 16.1. The maximum Gasteiger partial charge on any atom is 0.136 e. The minimum absolute atomic E-state index is 0.399. The Kier molecular flexibility index (Phi) is 1.39. The summed E-state index contributed by atoms with van der Waals surface area (Å²) in [7, 11) is 0. The van der Waals surface area contributed by atoms with Gasteiger partial charge in [0.2, 0.25) is 0 Å². The lowest BCUT2D eigenvalue weighted by molar-refractivity contribution is -0.122. The molecule has 0 unspecified atom stereocenters. The molecule has 2 saturated carbocycles. The van der Waals surface area contributed by atoms with Gasteiger partial charge in [-0.15, -0.1) is 0 Å². The van der Waals surface area contributed by atoms with Gasteiger partial charge in [-0.1, -0.05) is 13.8 Å². The summed E-state index contributed by atoms with van der Waals surface area (Å²) in [6.45, 7) is 4.53. The molecule has 1 nitrogen and oxygen atoms in total. The normalized spacial score (nSPS) is 49.8. The predicted octanol–water partition coefficient (Wildman–Crippen LogP) is 2.40. The largest absolute Gasteiger partial charge is 0.299 e. The minimum Gasteiger partial charge on any atom is -0.299 e. The lowest BCUT2D eigenvalue weighted by atomic mass is 9.80. The number of Topliss-reactive ketones (excluding diaryl/α,β-unsaturated/α-hetero) is 1. The molecular weight excluding hydrogens is 136 g/mol. The Hall–Kier alpha value is -0.330. The first kappa shape index (κ1) is 7.33. The van der Waals surface area contributed by atoms with Crippen LogP contribution in [0.5, 0.6) is 0 Å². The molecule has 3 atom stereocenters. The molecular formula is C10H16O. The van der Waals surface area contributed by atoms with Gasteiger partial charge in [0, 0.05) is 12.3 Å². The lowest BCUT2D eigenvalue weighted by Crippen LogP contribution is -2.22. The van der Waals surface area contributed by atoms with Crippen LogP contribution in [0, 0.1) is 17.3 Å². The molecule has 2 aliphatic rings. The predicted molar refractivity (Wildman–Crippen MR) is 44.2 cm³/mol. The molecule has 0 radical (unpaired) electrons. The van der Waals surface area contributed by atoms with Crippen LogP contribution >= 0.6 is 0 Å². The zero-order valence-corrected chi connectivity index (χ0v) is 7.39. The monoisotopic (exact) mass is 152 g/mol. The van der Waals surface area contributed by atoms with Crippen LogP contribution in [0.25, 0.3) is 0 Å². The first-order valence-electron chi connectivity index (χ1n) is 4.66. The highest BCUT2D eigenvalue weighted by molar-refractivity contribution is 5.84. The number of carbonyl (C=O) groups excluding carboxylic acids is 1. The molecule has 11 heavy (non-hydrogen) atoms. The maximum atomic E-state index is 11.5. The van der Waals surface area contributed by atoms with Crippen LogP contribution in [0.3, 0.4) is 0 Å². The third-order valence-corrected chi connectivity index (χ3v) is 3.78. The number of carbonyl (C=O) groups is 1. The van der Waals surface area contributed by atoms with Crippen molar-refractivity contribution in [2.75, 3.05) is 0 Å². The van der Waals surface area contributed by atoms with Crippen LogP contribution < -0.4 is 0 Å². The smallest absolute Gasteiger partial charge is 0.136 e. The van der Waals surface area contributed by atoms with E-state index in [1.54, 1.807) is 0 Å². The van der Waals surface area contributed by atoms with E-state index in [0.717, 1.165) is 12.8 Å². The van der Waals surface area contributed by atoms with Gasteiger partial charge in [0.25, 0.3) is 0 Å². The summed E-state index contributed by atoms with van der Waals surface area (Å²) >= 11 is 0. The topological polar surface area (TPSA) is 17.1 Å². The molecule has 0 spiro atoms. The van der Waals surface area contributed by atoms with Crippen LogP contribution in [-0.4, -0.2) is 5.78 Å². The molecule has 0 N–H and O–H groups in total. The minimum atomic E-state index is 0.399. The van der Waals surface area contributed by atoms with Crippen molar-refractivity contribution in [1.29, 1.82) is 0 Å². The fourth-order valence-corrected chi connectivity index (χ4v) is 3.12. The molecule has 0 saturated heterocycles. The highest BCUT2D eigenvalue weighted by Gasteiger charge is 2.50. The third-order valence-electron chi connectivity index (χ3n) is 3.78. The molecule has 0 aliphatic heterocycles. The van der Waals surface area contributed by atoms with Gasteiger partial charge in [0.15, 0.2) is 0 Å². The van der Waals surface area contributed by atoms with Crippen molar-refractivity contribution in [3.63, 3.8) is 0 Å².